The van der Waals surface area contributed by atoms with Gasteiger partial charge in [0, 0.05) is 75.5 Å². The Kier molecular flexibility index (Phi) is 10.0. The zero-order chi connectivity index (χ0) is 28.9. The van der Waals surface area contributed by atoms with Gasteiger partial charge in [-0.25, -0.2) is 4.98 Å². The van der Waals surface area contributed by atoms with Crippen molar-refractivity contribution in [2.45, 2.75) is 58.3 Å². The molecule has 3 heterocycles. The number of ether oxygens (including phenoxy) is 4. The van der Waals surface area contributed by atoms with Gasteiger partial charge in [0.1, 0.15) is 11.9 Å². The molecule has 9 nitrogen and oxygen atoms in total. The number of hydrogen-bond donors (Lipinski definition) is 1. The summed E-state index contributed by atoms with van der Waals surface area (Å²) >= 11 is 6.43. The second kappa shape index (κ2) is 13.3. The fourth-order valence-electron chi connectivity index (χ4n) is 5.85. The lowest BCUT2D eigenvalue weighted by molar-refractivity contribution is -0.138. The van der Waals surface area contributed by atoms with Crippen LogP contribution in [-0.2, 0) is 14.3 Å². The first-order chi connectivity index (χ1) is 19.1. The Bertz CT molecular complexity index is 1130. The molecule has 0 aliphatic carbocycles. The molecular formula is C30H42ClN3O6. The molecule has 0 spiro atoms. The predicted octanol–water partition coefficient (Wildman–Crippen LogP) is 5.15. The normalized spacial score (nSPS) is 24.2. The third-order valence-corrected chi connectivity index (χ3v) is 8.54. The standard InChI is InChI=1S/C30H42ClN3O6/c1-20-18-33(24-15-28(38-5)32-17-23(24)31)12-11-25(20)40-22-9-7-21(8-10-22)34-19-27(39-14-6-13-37-4)30(2,3)26(34)16-29(35)36/h7-10,15,17,20,25-27H,6,11-14,16,18-19H2,1-5H3,(H,35,36)/t20?,25?,26-,27-/m0/s1. The fraction of sp³-hybridized carbons (Fsp3) is 0.600. The lowest BCUT2D eigenvalue weighted by Gasteiger charge is -2.38. The van der Waals surface area contributed by atoms with Crippen molar-refractivity contribution in [2.75, 3.05) is 56.9 Å². The second-order valence-corrected chi connectivity index (χ2v) is 11.7. The van der Waals surface area contributed by atoms with E-state index in [1.54, 1.807) is 20.4 Å². The van der Waals surface area contributed by atoms with Gasteiger partial charge >= 0.3 is 5.97 Å². The predicted molar refractivity (Wildman–Crippen MR) is 156 cm³/mol. The van der Waals surface area contributed by atoms with Crippen LogP contribution >= 0.6 is 11.6 Å². The van der Waals surface area contributed by atoms with Gasteiger partial charge in [-0.05, 0) is 30.7 Å². The maximum atomic E-state index is 11.8. The molecular weight excluding hydrogens is 534 g/mol. The zero-order valence-corrected chi connectivity index (χ0v) is 24.9. The first-order valence-corrected chi connectivity index (χ1v) is 14.3. The molecule has 0 saturated carbocycles. The minimum Gasteiger partial charge on any atom is -0.490 e. The molecule has 2 aliphatic heterocycles. The number of methoxy groups -OCH3 is 2. The third-order valence-electron chi connectivity index (χ3n) is 8.25. The van der Waals surface area contributed by atoms with Crippen LogP contribution in [0.4, 0.5) is 11.4 Å². The maximum absolute atomic E-state index is 11.8. The van der Waals surface area contributed by atoms with Crippen molar-refractivity contribution >= 4 is 28.9 Å². The van der Waals surface area contributed by atoms with Crippen molar-refractivity contribution in [3.8, 4) is 11.6 Å². The molecule has 220 valence electrons. The van der Waals surface area contributed by atoms with Crippen LogP contribution in [0.25, 0.3) is 0 Å². The average molecular weight is 576 g/mol. The van der Waals surface area contributed by atoms with Crippen LogP contribution in [0.5, 0.6) is 11.6 Å². The Morgan fingerprint density at radius 1 is 1.18 bits per heavy atom. The lowest BCUT2D eigenvalue weighted by Crippen LogP contribution is -2.44. The number of rotatable bonds is 12. The molecule has 2 aliphatic rings. The number of pyridine rings is 1. The van der Waals surface area contributed by atoms with Crippen molar-refractivity contribution in [3.63, 3.8) is 0 Å². The van der Waals surface area contributed by atoms with Gasteiger partial charge in [0.05, 0.1) is 36.5 Å². The molecule has 1 aromatic heterocycles. The van der Waals surface area contributed by atoms with E-state index < -0.39 is 5.97 Å². The number of piperidine rings is 1. The van der Waals surface area contributed by atoms with Crippen LogP contribution in [0.3, 0.4) is 0 Å². The maximum Gasteiger partial charge on any atom is 0.305 e. The summed E-state index contributed by atoms with van der Waals surface area (Å²) in [4.78, 5) is 20.4. The molecule has 2 unspecified atom stereocenters. The summed E-state index contributed by atoms with van der Waals surface area (Å²) in [7, 11) is 3.28. The van der Waals surface area contributed by atoms with Crippen LogP contribution < -0.4 is 19.3 Å². The van der Waals surface area contributed by atoms with E-state index in [9.17, 15) is 9.90 Å². The Hall–Kier alpha value is -2.75. The Morgan fingerprint density at radius 3 is 2.58 bits per heavy atom. The summed E-state index contributed by atoms with van der Waals surface area (Å²) in [6.07, 6.45) is 3.33. The molecule has 0 bridgehead atoms. The van der Waals surface area contributed by atoms with Gasteiger partial charge in [0.2, 0.25) is 5.88 Å². The van der Waals surface area contributed by atoms with Crippen molar-refractivity contribution in [1.82, 2.24) is 4.98 Å². The largest absolute Gasteiger partial charge is 0.490 e. The number of aliphatic carboxylic acids is 1. The van der Waals surface area contributed by atoms with E-state index in [2.05, 4.69) is 35.6 Å². The van der Waals surface area contributed by atoms with E-state index in [1.807, 2.05) is 30.3 Å². The van der Waals surface area contributed by atoms with E-state index >= 15 is 0 Å². The van der Waals surface area contributed by atoms with E-state index in [0.717, 1.165) is 43.1 Å². The Balaban J connectivity index is 1.40. The molecule has 1 N–H and O–H groups in total. The second-order valence-electron chi connectivity index (χ2n) is 11.3. The summed E-state index contributed by atoms with van der Waals surface area (Å²) in [5.41, 5.74) is 1.57. The van der Waals surface area contributed by atoms with Gasteiger partial charge in [0.25, 0.3) is 0 Å². The topological polar surface area (TPSA) is 93.6 Å². The summed E-state index contributed by atoms with van der Waals surface area (Å²) in [5, 5.41) is 10.3. The van der Waals surface area contributed by atoms with Crippen LogP contribution in [0, 0.1) is 11.3 Å². The van der Waals surface area contributed by atoms with Crippen molar-refractivity contribution in [2.24, 2.45) is 11.3 Å². The SMILES string of the molecule is COCCCO[C@H]1CN(c2ccc(OC3CCN(c4cc(OC)ncc4Cl)CC3C)cc2)[C@@H](CC(=O)O)C1(C)C. The summed E-state index contributed by atoms with van der Waals surface area (Å²) in [6.45, 7) is 9.86. The van der Waals surface area contributed by atoms with Crippen LogP contribution in [0.2, 0.25) is 5.02 Å². The molecule has 40 heavy (non-hydrogen) atoms. The summed E-state index contributed by atoms with van der Waals surface area (Å²) < 4.78 is 23.1. The van der Waals surface area contributed by atoms with Gasteiger partial charge in [-0.1, -0.05) is 32.4 Å². The molecule has 10 heteroatoms. The van der Waals surface area contributed by atoms with Gasteiger partial charge in [-0.15, -0.1) is 0 Å². The van der Waals surface area contributed by atoms with Crippen LogP contribution in [0.15, 0.2) is 36.5 Å². The highest BCUT2D eigenvalue weighted by atomic mass is 35.5. The first-order valence-electron chi connectivity index (χ1n) is 13.9. The highest BCUT2D eigenvalue weighted by Crippen LogP contribution is 2.43. The van der Waals surface area contributed by atoms with Gasteiger partial charge in [0.15, 0.2) is 0 Å². The molecule has 2 fully saturated rings. The minimum absolute atomic E-state index is 0.0483. The molecule has 4 rings (SSSR count). The van der Waals surface area contributed by atoms with E-state index in [-0.39, 0.29) is 36.0 Å². The van der Waals surface area contributed by atoms with Crippen molar-refractivity contribution < 1.29 is 28.8 Å². The van der Waals surface area contributed by atoms with Crippen LogP contribution in [-0.4, -0.2) is 81.4 Å². The lowest BCUT2D eigenvalue weighted by atomic mass is 9.81. The van der Waals surface area contributed by atoms with E-state index in [4.69, 9.17) is 30.5 Å². The molecule has 0 radical (unpaired) electrons. The van der Waals surface area contributed by atoms with Gasteiger partial charge in [-0.2, -0.15) is 0 Å². The van der Waals surface area contributed by atoms with E-state index in [1.165, 1.54) is 0 Å². The smallest absolute Gasteiger partial charge is 0.305 e. The number of aromatic nitrogens is 1. The number of benzene rings is 1. The molecule has 2 aromatic rings. The third kappa shape index (κ3) is 6.93. The highest BCUT2D eigenvalue weighted by Gasteiger charge is 2.49. The van der Waals surface area contributed by atoms with Gasteiger partial charge in [-0.3, -0.25) is 4.79 Å². The first kappa shape index (κ1) is 30.2. The number of nitrogens with zero attached hydrogens (tertiary/aromatic N) is 3. The van der Waals surface area contributed by atoms with Crippen molar-refractivity contribution in [3.05, 3.63) is 41.6 Å². The average Bonchev–Trinajstić information content (AvgIpc) is 3.17. The highest BCUT2D eigenvalue weighted by molar-refractivity contribution is 6.33. The van der Waals surface area contributed by atoms with Crippen LogP contribution in [0.1, 0.15) is 40.0 Å². The fourth-order valence-corrected chi connectivity index (χ4v) is 6.07. The number of halogens is 1. The zero-order valence-electron chi connectivity index (χ0n) is 24.1. The number of carboxylic acid groups (broad SMARTS) is 1. The van der Waals surface area contributed by atoms with E-state index in [0.29, 0.717) is 30.7 Å². The summed E-state index contributed by atoms with van der Waals surface area (Å²) in [5.74, 6) is 0.814. The Labute approximate surface area is 242 Å². The molecule has 0 amide bonds. The molecule has 1 aromatic carbocycles. The Morgan fingerprint density at radius 2 is 1.93 bits per heavy atom. The van der Waals surface area contributed by atoms with Gasteiger partial charge < -0.3 is 33.9 Å². The molecule has 4 atom stereocenters. The number of carboxylic acids is 1. The monoisotopic (exact) mass is 575 g/mol. The number of hydrogen-bond acceptors (Lipinski definition) is 8. The number of anilines is 2. The number of carbonyl (C=O) groups is 1. The summed E-state index contributed by atoms with van der Waals surface area (Å²) in [6, 6.07) is 9.70. The minimum atomic E-state index is -0.810. The van der Waals surface area contributed by atoms with Crippen molar-refractivity contribution in [1.29, 1.82) is 0 Å². The molecule has 2 saturated heterocycles. The quantitative estimate of drug-likeness (QED) is 0.345.